The van der Waals surface area contributed by atoms with Crippen LogP contribution in [0.4, 0.5) is 5.69 Å². The molecule has 0 aliphatic rings. The predicted molar refractivity (Wildman–Crippen MR) is 43.8 cm³/mol. The van der Waals surface area contributed by atoms with E-state index in [9.17, 15) is 13.0 Å². The minimum atomic E-state index is -4.52. The number of anilines is 1. The van der Waals surface area contributed by atoms with Crippen LogP contribution < -0.4 is 57.1 Å². The second kappa shape index (κ2) is 5.08. The van der Waals surface area contributed by atoms with Crippen molar-refractivity contribution in [3.8, 4) is 0 Å². The van der Waals surface area contributed by atoms with E-state index in [1.165, 1.54) is 12.1 Å². The monoisotopic (exact) mass is 245 g/mol. The Morgan fingerprint density at radius 3 is 2.31 bits per heavy atom. The fourth-order valence-corrected chi connectivity index (χ4v) is 1.59. The third-order valence-corrected chi connectivity index (χ3v) is 2.51. The van der Waals surface area contributed by atoms with Crippen molar-refractivity contribution >= 4 is 27.4 Å². The maximum atomic E-state index is 10.5. The van der Waals surface area contributed by atoms with E-state index in [0.29, 0.717) is 0 Å². The normalized spacial score (nSPS) is 10.6. The van der Waals surface area contributed by atoms with Gasteiger partial charge in [-0.3, -0.25) is 0 Å². The number of benzene rings is 1. The minimum Gasteiger partial charge on any atom is -0.744 e. The predicted octanol–water partition coefficient (Wildman–Crippen LogP) is -2.17. The van der Waals surface area contributed by atoms with E-state index in [1.807, 2.05) is 0 Å². The number of nitrogen functional groups attached to an aromatic ring is 1. The molecule has 0 fully saturated rings. The van der Waals surface area contributed by atoms with Crippen LogP contribution in [0, 0.1) is 0 Å². The molecule has 4 nitrogen and oxygen atoms in total. The Hall–Kier alpha value is 0.856. The van der Waals surface area contributed by atoms with Gasteiger partial charge in [-0.1, -0.05) is 17.7 Å². The first-order valence-electron chi connectivity index (χ1n) is 2.93. The van der Waals surface area contributed by atoms with E-state index in [-0.39, 0.29) is 62.1 Å². The van der Waals surface area contributed by atoms with E-state index in [4.69, 9.17) is 17.3 Å². The van der Waals surface area contributed by atoms with E-state index in [0.717, 1.165) is 6.07 Å². The molecule has 0 saturated carbocycles. The summed E-state index contributed by atoms with van der Waals surface area (Å²) in [5, 5.41) is 0.0620. The molecule has 0 aromatic heterocycles. The van der Waals surface area contributed by atoms with Crippen LogP contribution >= 0.6 is 11.6 Å². The fourth-order valence-electron chi connectivity index (χ4n) is 0.735. The molecule has 13 heavy (non-hydrogen) atoms. The largest absolute Gasteiger partial charge is 1.00 e. The van der Waals surface area contributed by atoms with Crippen molar-refractivity contribution in [3.63, 3.8) is 0 Å². The van der Waals surface area contributed by atoms with Gasteiger partial charge in [0.1, 0.15) is 10.1 Å². The third kappa shape index (κ3) is 3.48. The van der Waals surface area contributed by atoms with E-state index < -0.39 is 15.0 Å². The number of hydrogen-bond donors (Lipinski definition) is 1. The molecule has 0 bridgehead atoms. The molecule has 1 aromatic rings. The second-order valence-corrected chi connectivity index (χ2v) is 3.86. The Kier molecular flexibility index (Phi) is 5.42. The van der Waals surface area contributed by atoms with Crippen LogP contribution in [0.2, 0.25) is 5.02 Å². The summed E-state index contributed by atoms with van der Waals surface area (Å²) in [7, 11) is -4.52. The van der Waals surface area contributed by atoms with Crippen LogP contribution in [0.5, 0.6) is 0 Å². The zero-order valence-corrected chi connectivity index (χ0v) is 11.5. The summed E-state index contributed by atoms with van der Waals surface area (Å²) in [6.45, 7) is 0. The van der Waals surface area contributed by atoms with Gasteiger partial charge in [-0.15, -0.1) is 0 Å². The molecule has 7 heteroatoms. The summed E-state index contributed by atoms with van der Waals surface area (Å²) in [6.07, 6.45) is 0. The topological polar surface area (TPSA) is 83.2 Å². The summed E-state index contributed by atoms with van der Waals surface area (Å²) in [5.41, 5.74) is 5.06. The first-order chi connectivity index (χ1) is 5.43. The standard InChI is InChI=1S/C6H6ClNO3S.K/c7-4-2-1-3-5(6(4)8)12(9,10)11;/h1-3H,8H2,(H,9,10,11);/q;+1/p-1. The molecular formula is C6H5ClKNO3S. The van der Waals surface area contributed by atoms with Crippen LogP contribution in [0.25, 0.3) is 0 Å². The van der Waals surface area contributed by atoms with Crippen molar-refractivity contribution in [1.82, 2.24) is 0 Å². The molecule has 0 saturated heterocycles. The summed E-state index contributed by atoms with van der Waals surface area (Å²) in [5.74, 6) is 0. The molecular weight excluding hydrogens is 241 g/mol. The maximum Gasteiger partial charge on any atom is 1.00 e. The van der Waals surface area contributed by atoms with Crippen molar-refractivity contribution < 1.29 is 64.4 Å². The van der Waals surface area contributed by atoms with Gasteiger partial charge in [-0.2, -0.15) is 0 Å². The molecule has 0 aliphatic heterocycles. The van der Waals surface area contributed by atoms with Crippen molar-refractivity contribution in [2.45, 2.75) is 4.90 Å². The fraction of sp³-hybridized carbons (Fsp3) is 0. The Morgan fingerprint density at radius 2 is 1.92 bits per heavy atom. The molecule has 1 aromatic carbocycles. The zero-order valence-electron chi connectivity index (χ0n) is 6.82. The average molecular weight is 246 g/mol. The van der Waals surface area contributed by atoms with Crippen LogP contribution in [0.1, 0.15) is 0 Å². The molecule has 0 spiro atoms. The van der Waals surface area contributed by atoms with Crippen molar-refractivity contribution in [2.24, 2.45) is 0 Å². The number of nitrogens with two attached hydrogens (primary N) is 1. The quantitative estimate of drug-likeness (QED) is 0.347. The van der Waals surface area contributed by atoms with Gasteiger partial charge in [0.05, 0.1) is 15.6 Å². The van der Waals surface area contributed by atoms with Crippen LogP contribution in [-0.2, 0) is 10.1 Å². The van der Waals surface area contributed by atoms with Gasteiger partial charge in [0.15, 0.2) is 0 Å². The summed E-state index contributed by atoms with van der Waals surface area (Å²) < 4.78 is 31.5. The molecule has 2 N–H and O–H groups in total. The van der Waals surface area contributed by atoms with Crippen molar-refractivity contribution in [2.75, 3.05) is 5.73 Å². The van der Waals surface area contributed by atoms with Crippen LogP contribution in [-0.4, -0.2) is 13.0 Å². The van der Waals surface area contributed by atoms with E-state index in [1.54, 1.807) is 0 Å². The SMILES string of the molecule is Nc1c(Cl)cccc1S(=O)(=O)[O-].[K+]. The smallest absolute Gasteiger partial charge is 0.744 e. The maximum absolute atomic E-state index is 10.5. The molecule has 66 valence electrons. The van der Waals surface area contributed by atoms with Crippen molar-refractivity contribution in [3.05, 3.63) is 23.2 Å². The van der Waals surface area contributed by atoms with Gasteiger partial charge in [0.25, 0.3) is 0 Å². The Balaban J connectivity index is 0.00000144. The van der Waals surface area contributed by atoms with E-state index >= 15 is 0 Å². The summed E-state index contributed by atoms with van der Waals surface area (Å²) >= 11 is 5.49. The number of hydrogen-bond acceptors (Lipinski definition) is 4. The van der Waals surface area contributed by atoms with Crippen LogP contribution in [0.3, 0.4) is 0 Å². The summed E-state index contributed by atoms with van der Waals surface area (Å²) in [6, 6.07) is 3.87. The molecule has 0 aliphatic carbocycles. The van der Waals surface area contributed by atoms with Gasteiger partial charge in [-0.25, -0.2) is 8.42 Å². The summed E-state index contributed by atoms with van der Waals surface area (Å²) in [4.78, 5) is -0.477. The molecule has 1 rings (SSSR count). The average Bonchev–Trinajstić information content (AvgIpc) is 1.92. The zero-order chi connectivity index (χ0) is 9.35. The van der Waals surface area contributed by atoms with Crippen molar-refractivity contribution in [1.29, 1.82) is 0 Å². The first kappa shape index (κ1) is 13.9. The first-order valence-corrected chi connectivity index (χ1v) is 4.71. The second-order valence-electron chi connectivity index (χ2n) is 2.11. The van der Waals surface area contributed by atoms with Gasteiger partial charge >= 0.3 is 51.4 Å². The number of para-hydroxylation sites is 1. The Labute approximate surface area is 124 Å². The molecule has 0 unspecified atom stereocenters. The molecule has 0 heterocycles. The third-order valence-electron chi connectivity index (χ3n) is 1.28. The number of halogens is 1. The Morgan fingerprint density at radius 1 is 1.38 bits per heavy atom. The molecule has 0 radical (unpaired) electrons. The van der Waals surface area contributed by atoms with E-state index in [2.05, 4.69) is 0 Å². The molecule has 0 amide bonds. The van der Waals surface area contributed by atoms with Gasteiger partial charge in [-0.05, 0) is 12.1 Å². The van der Waals surface area contributed by atoms with Gasteiger partial charge in [0.2, 0.25) is 0 Å². The molecule has 0 atom stereocenters. The minimum absolute atomic E-state index is 0. The van der Waals surface area contributed by atoms with Crippen LogP contribution in [0.15, 0.2) is 23.1 Å². The number of rotatable bonds is 1. The van der Waals surface area contributed by atoms with Gasteiger partial charge < -0.3 is 10.3 Å². The Bertz CT molecular complexity index is 406. The van der Waals surface area contributed by atoms with Gasteiger partial charge in [0, 0.05) is 0 Å².